The Kier molecular flexibility index (Phi) is 4.33. The quantitative estimate of drug-likeness (QED) is 0.830. The standard InChI is InChI=1S/C12H17N5S/c1-9-6-4-5-7-10(9)11(13-2)8-18-12-14-15-16-17(12)3/h4-7,11,13H,8H2,1-3H3. The van der Waals surface area contributed by atoms with E-state index in [1.54, 1.807) is 16.4 Å². The van der Waals surface area contributed by atoms with Crippen molar-refractivity contribution in [3.8, 4) is 0 Å². The average Bonchev–Trinajstić information content (AvgIpc) is 2.78. The fraction of sp³-hybridized carbons (Fsp3) is 0.417. The third kappa shape index (κ3) is 2.88. The van der Waals surface area contributed by atoms with Gasteiger partial charge in [0.05, 0.1) is 0 Å². The average molecular weight is 263 g/mol. The highest BCUT2D eigenvalue weighted by Gasteiger charge is 2.13. The molecule has 1 aromatic carbocycles. The van der Waals surface area contributed by atoms with E-state index < -0.39 is 0 Å². The van der Waals surface area contributed by atoms with Crippen LogP contribution in [0, 0.1) is 6.92 Å². The van der Waals surface area contributed by atoms with Gasteiger partial charge in [-0.25, -0.2) is 4.68 Å². The van der Waals surface area contributed by atoms with E-state index in [1.165, 1.54) is 11.1 Å². The van der Waals surface area contributed by atoms with E-state index in [2.05, 4.69) is 52.0 Å². The minimum absolute atomic E-state index is 0.299. The monoisotopic (exact) mass is 263 g/mol. The number of benzene rings is 1. The van der Waals surface area contributed by atoms with Crippen molar-refractivity contribution in [2.24, 2.45) is 7.05 Å². The van der Waals surface area contributed by atoms with Gasteiger partial charge < -0.3 is 5.32 Å². The minimum atomic E-state index is 0.299. The SMILES string of the molecule is CNC(CSc1nnnn1C)c1ccccc1C. The molecule has 0 aliphatic heterocycles. The summed E-state index contributed by atoms with van der Waals surface area (Å²) in [5, 5.41) is 15.6. The van der Waals surface area contributed by atoms with Crippen LogP contribution in [0.15, 0.2) is 29.4 Å². The number of nitrogens with one attached hydrogen (secondary N) is 1. The van der Waals surface area contributed by atoms with Crippen LogP contribution in [-0.2, 0) is 7.05 Å². The van der Waals surface area contributed by atoms with Gasteiger partial charge >= 0.3 is 0 Å². The van der Waals surface area contributed by atoms with Gasteiger partial charge in [-0.15, -0.1) is 5.10 Å². The number of nitrogens with zero attached hydrogens (tertiary/aromatic N) is 4. The molecule has 0 spiro atoms. The Labute approximate surface area is 111 Å². The van der Waals surface area contributed by atoms with Gasteiger partial charge in [0.2, 0.25) is 5.16 Å². The van der Waals surface area contributed by atoms with Crippen molar-refractivity contribution in [3.05, 3.63) is 35.4 Å². The van der Waals surface area contributed by atoms with Crippen LogP contribution in [0.2, 0.25) is 0 Å². The summed E-state index contributed by atoms with van der Waals surface area (Å²) >= 11 is 1.65. The molecule has 1 aromatic heterocycles. The maximum Gasteiger partial charge on any atom is 0.209 e. The smallest absolute Gasteiger partial charge is 0.209 e. The van der Waals surface area contributed by atoms with Crippen molar-refractivity contribution >= 4 is 11.8 Å². The number of hydrogen-bond acceptors (Lipinski definition) is 5. The molecular formula is C12H17N5S. The fourth-order valence-electron chi connectivity index (χ4n) is 1.81. The molecule has 0 aliphatic rings. The van der Waals surface area contributed by atoms with Gasteiger partial charge in [0.15, 0.2) is 0 Å². The molecule has 0 bridgehead atoms. The van der Waals surface area contributed by atoms with Crippen molar-refractivity contribution in [1.82, 2.24) is 25.5 Å². The molecule has 0 fully saturated rings. The molecule has 1 heterocycles. The zero-order valence-electron chi connectivity index (χ0n) is 10.8. The first kappa shape index (κ1) is 13.0. The van der Waals surface area contributed by atoms with E-state index in [0.717, 1.165) is 10.9 Å². The molecule has 1 N–H and O–H groups in total. The summed E-state index contributed by atoms with van der Waals surface area (Å²) in [6.07, 6.45) is 0. The molecule has 0 radical (unpaired) electrons. The van der Waals surface area contributed by atoms with Gasteiger partial charge in [0, 0.05) is 18.8 Å². The lowest BCUT2D eigenvalue weighted by molar-refractivity contribution is 0.647. The normalized spacial score (nSPS) is 12.6. The Hall–Kier alpha value is -1.40. The largest absolute Gasteiger partial charge is 0.312 e. The molecule has 96 valence electrons. The van der Waals surface area contributed by atoms with Gasteiger partial charge in [-0.05, 0) is 35.5 Å². The molecule has 5 nitrogen and oxygen atoms in total. The molecule has 2 aromatic rings. The van der Waals surface area contributed by atoms with E-state index in [-0.39, 0.29) is 0 Å². The van der Waals surface area contributed by atoms with Crippen molar-refractivity contribution in [2.75, 3.05) is 12.8 Å². The van der Waals surface area contributed by atoms with Crippen LogP contribution < -0.4 is 5.32 Å². The lowest BCUT2D eigenvalue weighted by Crippen LogP contribution is -2.19. The van der Waals surface area contributed by atoms with Crippen LogP contribution >= 0.6 is 11.8 Å². The zero-order chi connectivity index (χ0) is 13.0. The van der Waals surface area contributed by atoms with E-state index in [4.69, 9.17) is 0 Å². The van der Waals surface area contributed by atoms with Crippen molar-refractivity contribution in [3.63, 3.8) is 0 Å². The number of hydrogen-bond donors (Lipinski definition) is 1. The van der Waals surface area contributed by atoms with E-state index in [9.17, 15) is 0 Å². The van der Waals surface area contributed by atoms with E-state index in [0.29, 0.717) is 6.04 Å². The number of aromatic nitrogens is 4. The Morgan fingerprint density at radius 2 is 2.17 bits per heavy atom. The minimum Gasteiger partial charge on any atom is -0.312 e. The van der Waals surface area contributed by atoms with Crippen LogP contribution in [0.4, 0.5) is 0 Å². The number of rotatable bonds is 5. The molecule has 1 atom stereocenters. The number of tetrazole rings is 1. The van der Waals surface area contributed by atoms with Gasteiger partial charge in [0.1, 0.15) is 0 Å². The highest BCUT2D eigenvalue weighted by atomic mass is 32.2. The Morgan fingerprint density at radius 3 is 2.78 bits per heavy atom. The first-order valence-electron chi connectivity index (χ1n) is 5.80. The second-order valence-corrected chi connectivity index (χ2v) is 5.08. The maximum absolute atomic E-state index is 3.98. The van der Waals surface area contributed by atoms with E-state index in [1.807, 2.05) is 14.1 Å². The first-order chi connectivity index (χ1) is 8.72. The molecule has 1 unspecified atom stereocenters. The Morgan fingerprint density at radius 1 is 1.39 bits per heavy atom. The number of aryl methyl sites for hydroxylation is 2. The highest BCUT2D eigenvalue weighted by Crippen LogP contribution is 2.24. The summed E-state index contributed by atoms with van der Waals surface area (Å²) in [5.74, 6) is 0.898. The summed E-state index contributed by atoms with van der Waals surface area (Å²) in [6, 6.07) is 8.72. The third-order valence-electron chi connectivity index (χ3n) is 2.87. The van der Waals surface area contributed by atoms with Gasteiger partial charge in [-0.3, -0.25) is 0 Å². The van der Waals surface area contributed by atoms with Crippen molar-refractivity contribution in [2.45, 2.75) is 18.1 Å². The Balaban J connectivity index is 2.07. The lowest BCUT2D eigenvalue weighted by Gasteiger charge is -2.17. The van der Waals surface area contributed by atoms with Crippen LogP contribution in [0.3, 0.4) is 0 Å². The zero-order valence-corrected chi connectivity index (χ0v) is 11.6. The van der Waals surface area contributed by atoms with Crippen LogP contribution in [-0.4, -0.2) is 33.0 Å². The van der Waals surface area contributed by atoms with Gasteiger partial charge in [0.25, 0.3) is 0 Å². The molecule has 6 heteroatoms. The van der Waals surface area contributed by atoms with Gasteiger partial charge in [-0.2, -0.15) is 0 Å². The van der Waals surface area contributed by atoms with Crippen LogP contribution in [0.1, 0.15) is 17.2 Å². The predicted octanol–water partition coefficient (Wildman–Crippen LogP) is 1.57. The first-order valence-corrected chi connectivity index (χ1v) is 6.79. The maximum atomic E-state index is 3.98. The summed E-state index contributed by atoms with van der Waals surface area (Å²) in [7, 11) is 3.83. The molecule has 0 saturated heterocycles. The van der Waals surface area contributed by atoms with Crippen LogP contribution in [0.5, 0.6) is 0 Å². The lowest BCUT2D eigenvalue weighted by atomic mass is 10.0. The second kappa shape index (κ2) is 5.97. The molecule has 0 aliphatic carbocycles. The highest BCUT2D eigenvalue weighted by molar-refractivity contribution is 7.99. The molecule has 0 saturated carbocycles. The van der Waals surface area contributed by atoms with Crippen molar-refractivity contribution < 1.29 is 0 Å². The Bertz CT molecular complexity index is 511. The molecule has 18 heavy (non-hydrogen) atoms. The molecule has 2 rings (SSSR count). The second-order valence-electron chi connectivity index (χ2n) is 4.09. The topological polar surface area (TPSA) is 55.6 Å². The summed E-state index contributed by atoms with van der Waals surface area (Å²) in [5.41, 5.74) is 2.62. The summed E-state index contributed by atoms with van der Waals surface area (Å²) in [4.78, 5) is 0. The summed E-state index contributed by atoms with van der Waals surface area (Å²) < 4.78 is 1.69. The third-order valence-corrected chi connectivity index (χ3v) is 3.98. The summed E-state index contributed by atoms with van der Waals surface area (Å²) in [6.45, 7) is 2.13. The van der Waals surface area contributed by atoms with Gasteiger partial charge in [-0.1, -0.05) is 36.0 Å². The predicted molar refractivity (Wildman–Crippen MR) is 72.5 cm³/mol. The fourth-order valence-corrected chi connectivity index (χ4v) is 2.79. The number of thioether (sulfide) groups is 1. The molecule has 0 amide bonds. The van der Waals surface area contributed by atoms with E-state index >= 15 is 0 Å². The van der Waals surface area contributed by atoms with Crippen molar-refractivity contribution in [1.29, 1.82) is 0 Å². The molecular weight excluding hydrogens is 246 g/mol. The van der Waals surface area contributed by atoms with Crippen LogP contribution in [0.25, 0.3) is 0 Å².